The Morgan fingerprint density at radius 1 is 0.719 bits per heavy atom. The minimum atomic E-state index is 0.686. The van der Waals surface area contributed by atoms with E-state index in [0.29, 0.717) is 10.2 Å². The average molecular weight is 474 g/mol. The summed E-state index contributed by atoms with van der Waals surface area (Å²) in [4.78, 5) is 9.14. The van der Waals surface area contributed by atoms with Gasteiger partial charge in [-0.25, -0.2) is 4.98 Å². The lowest BCUT2D eigenvalue weighted by Crippen LogP contribution is -2.38. The molecule has 2 N–H and O–H groups in total. The summed E-state index contributed by atoms with van der Waals surface area (Å²) in [5.41, 5.74) is 9.24. The molecule has 0 aliphatic carbocycles. The van der Waals surface area contributed by atoms with Crippen LogP contribution < -0.4 is 10.9 Å². The summed E-state index contributed by atoms with van der Waals surface area (Å²) in [6.45, 7) is 7.85. The highest BCUT2D eigenvalue weighted by atomic mass is 32.1. The zero-order valence-corrected chi connectivity index (χ0v) is 20.9. The Morgan fingerprint density at radius 3 is 1.47 bits per heavy atom. The fourth-order valence-electron chi connectivity index (χ4n) is 3.90. The Labute approximate surface area is 202 Å². The molecule has 1 aromatic heterocycles. The molecule has 9 heteroatoms. The fourth-order valence-corrected chi connectivity index (χ4v) is 4.36. The maximum atomic E-state index is 5.53. The van der Waals surface area contributed by atoms with E-state index in [0.717, 1.165) is 49.0 Å². The van der Waals surface area contributed by atoms with Gasteiger partial charge >= 0.3 is 0 Å². The van der Waals surface area contributed by atoms with Gasteiger partial charge in [0.25, 0.3) is 0 Å². The summed E-state index contributed by atoms with van der Waals surface area (Å²) >= 11 is 11.1. The first kappa shape index (κ1) is 24.5. The molecule has 0 radical (unpaired) electrons. The molecule has 0 amide bonds. The van der Waals surface area contributed by atoms with Crippen LogP contribution in [-0.4, -0.2) is 62.6 Å². The number of hydrogen-bond donors (Lipinski definition) is 2. The predicted octanol–water partition coefficient (Wildman–Crippen LogP) is 4.03. The van der Waals surface area contributed by atoms with E-state index in [1.165, 1.54) is 51.4 Å². The van der Waals surface area contributed by atoms with Crippen LogP contribution in [0, 0.1) is 0 Å². The lowest BCUT2D eigenvalue weighted by Gasteiger charge is -2.22. The predicted molar refractivity (Wildman–Crippen MR) is 140 cm³/mol. The van der Waals surface area contributed by atoms with E-state index in [4.69, 9.17) is 29.4 Å². The number of nitrogens with one attached hydrogen (secondary N) is 2. The van der Waals surface area contributed by atoms with Crippen molar-refractivity contribution in [2.45, 2.75) is 65.2 Å². The summed E-state index contributed by atoms with van der Waals surface area (Å²) < 4.78 is 0. The molecule has 2 saturated heterocycles. The Bertz CT molecular complexity index is 771. The smallest absolute Gasteiger partial charge is 0.189 e. The SMILES string of the molecule is C/C(=N/NC(=S)N1CCCCCC1)c1cccc(/C(C)=N\NC(=S)N2CCCCCC2)n1. The molecule has 0 saturated carbocycles. The van der Waals surface area contributed by atoms with Crippen molar-refractivity contribution in [1.82, 2.24) is 25.6 Å². The van der Waals surface area contributed by atoms with Crippen LogP contribution in [-0.2, 0) is 0 Å². The van der Waals surface area contributed by atoms with Crippen LogP contribution in [0.2, 0.25) is 0 Å². The summed E-state index contributed by atoms with van der Waals surface area (Å²) in [6.07, 6.45) is 9.83. The molecule has 2 aliphatic rings. The van der Waals surface area contributed by atoms with Crippen LogP contribution in [0.1, 0.15) is 76.6 Å². The van der Waals surface area contributed by atoms with Crippen molar-refractivity contribution in [1.29, 1.82) is 0 Å². The van der Waals surface area contributed by atoms with E-state index < -0.39 is 0 Å². The van der Waals surface area contributed by atoms with Gasteiger partial charge in [-0.2, -0.15) is 10.2 Å². The van der Waals surface area contributed by atoms with E-state index in [2.05, 4.69) is 30.9 Å². The molecule has 2 fully saturated rings. The highest BCUT2D eigenvalue weighted by Crippen LogP contribution is 2.11. The molecular formula is C23H35N7S2. The monoisotopic (exact) mass is 473 g/mol. The minimum absolute atomic E-state index is 0.686. The number of hydrogen-bond acceptors (Lipinski definition) is 5. The third-order valence-corrected chi connectivity index (χ3v) is 6.61. The first-order valence-corrected chi connectivity index (χ1v) is 12.5. The van der Waals surface area contributed by atoms with Crippen molar-refractivity contribution in [3.8, 4) is 0 Å². The van der Waals surface area contributed by atoms with Crippen LogP contribution in [0.25, 0.3) is 0 Å². The van der Waals surface area contributed by atoms with Crippen molar-refractivity contribution in [3.05, 3.63) is 29.6 Å². The van der Waals surface area contributed by atoms with Crippen LogP contribution in [0.5, 0.6) is 0 Å². The maximum absolute atomic E-state index is 5.53. The van der Waals surface area contributed by atoms with E-state index in [-0.39, 0.29) is 0 Å². The number of rotatable bonds is 4. The highest BCUT2D eigenvalue weighted by molar-refractivity contribution is 7.80. The zero-order chi connectivity index (χ0) is 22.8. The molecule has 0 bridgehead atoms. The van der Waals surface area contributed by atoms with Crippen LogP contribution in [0.4, 0.5) is 0 Å². The third kappa shape index (κ3) is 7.48. The Morgan fingerprint density at radius 2 is 1.09 bits per heavy atom. The van der Waals surface area contributed by atoms with Gasteiger partial charge < -0.3 is 9.80 Å². The molecule has 0 aromatic carbocycles. The molecule has 0 unspecified atom stereocenters. The first-order valence-electron chi connectivity index (χ1n) is 11.7. The van der Waals surface area contributed by atoms with Crippen LogP contribution in [0.15, 0.2) is 28.4 Å². The van der Waals surface area contributed by atoms with Gasteiger partial charge in [0.05, 0.1) is 22.8 Å². The lowest BCUT2D eigenvalue weighted by atomic mass is 10.2. The third-order valence-electron chi connectivity index (χ3n) is 5.92. The standard InChI is InChI=1S/C23H35N7S2/c1-18(25-27-22(31)29-14-7-3-4-8-15-29)20-12-11-13-21(24-20)19(2)26-28-23(32)30-16-9-5-6-10-17-30/h11-13H,3-10,14-17H2,1-2H3,(H,27,31)(H,28,32)/b25-18-,26-19-. The molecule has 1 aromatic rings. The molecule has 174 valence electrons. The van der Waals surface area contributed by atoms with Crippen molar-refractivity contribution in [2.24, 2.45) is 10.2 Å². The van der Waals surface area contributed by atoms with Gasteiger partial charge in [-0.15, -0.1) is 0 Å². The van der Waals surface area contributed by atoms with Gasteiger partial charge in [0.1, 0.15) is 0 Å². The van der Waals surface area contributed by atoms with E-state index in [1.54, 1.807) is 0 Å². The maximum Gasteiger partial charge on any atom is 0.189 e. The van der Waals surface area contributed by atoms with Gasteiger partial charge in [-0.3, -0.25) is 10.9 Å². The molecule has 2 aliphatic heterocycles. The summed E-state index contributed by atoms with van der Waals surface area (Å²) in [5.74, 6) is 0. The van der Waals surface area contributed by atoms with E-state index >= 15 is 0 Å². The lowest BCUT2D eigenvalue weighted by molar-refractivity contribution is 0.428. The highest BCUT2D eigenvalue weighted by Gasteiger charge is 2.13. The Kier molecular flexibility index (Phi) is 9.80. The van der Waals surface area contributed by atoms with Gasteiger partial charge in [0, 0.05) is 26.2 Å². The second-order valence-corrected chi connectivity index (χ2v) is 9.21. The molecular weight excluding hydrogens is 438 g/mol. The second kappa shape index (κ2) is 12.8. The van der Waals surface area contributed by atoms with Gasteiger partial charge in [0.15, 0.2) is 10.2 Å². The van der Waals surface area contributed by atoms with Crippen LogP contribution in [0.3, 0.4) is 0 Å². The molecule has 7 nitrogen and oxygen atoms in total. The molecule has 32 heavy (non-hydrogen) atoms. The van der Waals surface area contributed by atoms with Crippen LogP contribution >= 0.6 is 24.4 Å². The van der Waals surface area contributed by atoms with Crippen molar-refractivity contribution in [3.63, 3.8) is 0 Å². The number of aromatic nitrogens is 1. The zero-order valence-electron chi connectivity index (χ0n) is 19.3. The number of nitrogens with zero attached hydrogens (tertiary/aromatic N) is 5. The fraction of sp³-hybridized carbons (Fsp3) is 0.609. The Balaban J connectivity index is 1.59. The summed E-state index contributed by atoms with van der Waals surface area (Å²) in [7, 11) is 0. The first-order chi connectivity index (χ1) is 15.5. The number of thiocarbonyl (C=S) groups is 2. The van der Waals surface area contributed by atoms with Gasteiger partial charge in [-0.05, 0) is 76.1 Å². The number of hydrazone groups is 2. The second-order valence-electron chi connectivity index (χ2n) is 8.44. The van der Waals surface area contributed by atoms with Crippen molar-refractivity contribution < 1.29 is 0 Å². The molecule has 0 spiro atoms. The minimum Gasteiger partial charge on any atom is -0.348 e. The number of pyridine rings is 1. The summed E-state index contributed by atoms with van der Waals surface area (Å²) in [5, 5.41) is 10.3. The molecule has 3 rings (SSSR count). The topological polar surface area (TPSA) is 68.2 Å². The van der Waals surface area contributed by atoms with Crippen molar-refractivity contribution in [2.75, 3.05) is 26.2 Å². The summed E-state index contributed by atoms with van der Waals surface area (Å²) in [6, 6.07) is 5.86. The Hall–Kier alpha value is -2.13. The normalized spacial score (nSPS) is 18.6. The average Bonchev–Trinajstić information content (AvgIpc) is 3.26. The number of likely N-dealkylation sites (tertiary alicyclic amines) is 2. The quantitative estimate of drug-likeness (QED) is 0.389. The molecule has 0 atom stereocenters. The van der Waals surface area contributed by atoms with E-state index in [9.17, 15) is 0 Å². The van der Waals surface area contributed by atoms with Gasteiger partial charge in [-0.1, -0.05) is 31.7 Å². The molecule has 3 heterocycles. The largest absolute Gasteiger partial charge is 0.348 e. The van der Waals surface area contributed by atoms with Gasteiger partial charge in [0.2, 0.25) is 0 Å². The van der Waals surface area contributed by atoms with E-state index in [1.807, 2.05) is 32.0 Å². The van der Waals surface area contributed by atoms with Crippen molar-refractivity contribution >= 4 is 46.1 Å².